The number of alkyl carbamates (subject to hydrolysis) is 1. The van der Waals surface area contributed by atoms with Crippen LogP contribution in [0.5, 0.6) is 5.75 Å². The first kappa shape index (κ1) is 38.9. The third-order valence-corrected chi connectivity index (χ3v) is 7.14. The highest BCUT2D eigenvalue weighted by Crippen LogP contribution is 2.32. The number of aromatic nitrogens is 1. The Balaban J connectivity index is 0.000000872. The van der Waals surface area contributed by atoms with Crippen LogP contribution in [0.2, 0.25) is 0 Å². The van der Waals surface area contributed by atoms with Crippen molar-refractivity contribution >= 4 is 29.5 Å². The number of benzene rings is 3. The van der Waals surface area contributed by atoms with E-state index in [9.17, 15) is 22.8 Å². The van der Waals surface area contributed by atoms with E-state index in [0.29, 0.717) is 29.3 Å². The number of nitrogens with one attached hydrogen (secondary N) is 3. The molecular formula is C35H40F3N5O7. The molecular weight excluding hydrogens is 659 g/mol. The maximum atomic E-state index is 12.8. The van der Waals surface area contributed by atoms with Gasteiger partial charge in [0.1, 0.15) is 11.9 Å². The lowest BCUT2D eigenvalue weighted by molar-refractivity contribution is -0.192. The molecule has 1 heterocycles. The second-order valence-corrected chi connectivity index (χ2v) is 10.7. The standard InChI is InChI=1S/C33H39N5O5.C2HF3O2/c1-4-17-38(5-2)18-16-29(25-11-7-6-8-12-25)43-33(40)35-21-24-10-9-13-26(19-24)36-32(39)37-27-14-15-28(30(20-27)41-3)31-22-34-23-42-31;3-2(4,5)1(6)7/h6-15,19-20,22-23,29H,4-5,16-18,21H2,1-3H3,(H,35,40)(H2,36,37,39);(H,6,7). The average molecular weight is 700 g/mol. The molecule has 0 fully saturated rings. The fraction of sp³-hybridized carbons (Fsp3) is 0.314. The summed E-state index contributed by atoms with van der Waals surface area (Å²) in [6, 6.07) is 21.9. The van der Waals surface area contributed by atoms with Crippen molar-refractivity contribution in [3.8, 4) is 17.1 Å². The molecule has 4 aromatic rings. The summed E-state index contributed by atoms with van der Waals surface area (Å²) in [5, 5.41) is 15.6. The number of nitrogens with zero attached hydrogens (tertiary/aromatic N) is 2. The quantitative estimate of drug-likeness (QED) is 0.104. The van der Waals surface area contributed by atoms with Gasteiger partial charge in [0, 0.05) is 37.0 Å². The molecule has 0 saturated heterocycles. The third-order valence-electron chi connectivity index (χ3n) is 7.14. The number of oxazole rings is 1. The Kier molecular flexibility index (Phi) is 15.1. The molecule has 268 valence electrons. The van der Waals surface area contributed by atoms with Crippen molar-refractivity contribution in [1.82, 2.24) is 15.2 Å². The Labute approximate surface area is 287 Å². The van der Waals surface area contributed by atoms with Gasteiger partial charge in [-0.2, -0.15) is 13.2 Å². The van der Waals surface area contributed by atoms with Gasteiger partial charge in [0.25, 0.3) is 0 Å². The number of hydrogen-bond donors (Lipinski definition) is 4. The molecule has 0 bridgehead atoms. The number of carbonyl (C=O) groups is 3. The van der Waals surface area contributed by atoms with E-state index in [-0.39, 0.29) is 12.6 Å². The van der Waals surface area contributed by atoms with E-state index in [1.165, 1.54) is 6.39 Å². The van der Waals surface area contributed by atoms with E-state index in [2.05, 4.69) is 39.7 Å². The van der Waals surface area contributed by atoms with E-state index in [1.54, 1.807) is 43.6 Å². The Hall–Kier alpha value is -5.57. The molecule has 0 radical (unpaired) electrons. The van der Waals surface area contributed by atoms with E-state index >= 15 is 0 Å². The maximum Gasteiger partial charge on any atom is 0.490 e. The lowest BCUT2D eigenvalue weighted by Gasteiger charge is -2.24. The Bertz CT molecular complexity index is 1650. The zero-order chi connectivity index (χ0) is 36.5. The predicted octanol–water partition coefficient (Wildman–Crippen LogP) is 7.72. The van der Waals surface area contributed by atoms with Crippen LogP contribution in [0, 0.1) is 0 Å². The van der Waals surface area contributed by atoms with Gasteiger partial charge in [-0.1, -0.05) is 56.3 Å². The fourth-order valence-electron chi connectivity index (χ4n) is 4.72. The number of carboxylic acids is 1. The number of rotatable bonds is 14. The highest BCUT2D eigenvalue weighted by atomic mass is 19.4. The molecule has 3 amide bonds. The van der Waals surface area contributed by atoms with Crippen LogP contribution in [-0.2, 0) is 16.1 Å². The molecule has 50 heavy (non-hydrogen) atoms. The molecule has 1 unspecified atom stereocenters. The Morgan fingerprint density at radius 1 is 0.960 bits per heavy atom. The van der Waals surface area contributed by atoms with Crippen LogP contribution in [0.3, 0.4) is 0 Å². The summed E-state index contributed by atoms with van der Waals surface area (Å²) in [7, 11) is 1.55. The molecule has 0 spiro atoms. The monoisotopic (exact) mass is 699 g/mol. The highest BCUT2D eigenvalue weighted by molar-refractivity contribution is 6.00. The molecule has 3 aromatic carbocycles. The first-order valence-corrected chi connectivity index (χ1v) is 15.7. The van der Waals surface area contributed by atoms with Gasteiger partial charge in [0.15, 0.2) is 12.2 Å². The first-order valence-electron chi connectivity index (χ1n) is 15.7. The second-order valence-electron chi connectivity index (χ2n) is 10.7. The van der Waals surface area contributed by atoms with Gasteiger partial charge in [-0.05, 0) is 54.9 Å². The lowest BCUT2D eigenvalue weighted by Crippen LogP contribution is -2.29. The molecule has 4 N–H and O–H groups in total. The molecule has 15 heteroatoms. The van der Waals surface area contributed by atoms with Gasteiger partial charge in [-0.25, -0.2) is 19.4 Å². The minimum absolute atomic E-state index is 0.245. The highest BCUT2D eigenvalue weighted by Gasteiger charge is 2.38. The summed E-state index contributed by atoms with van der Waals surface area (Å²) < 4.78 is 48.4. The van der Waals surface area contributed by atoms with Crippen molar-refractivity contribution in [3.05, 3.63) is 96.5 Å². The van der Waals surface area contributed by atoms with Gasteiger partial charge < -0.3 is 39.8 Å². The van der Waals surface area contributed by atoms with E-state index in [4.69, 9.17) is 23.8 Å². The molecule has 0 aliphatic heterocycles. The number of carboxylic acid groups (broad SMARTS) is 1. The van der Waals surface area contributed by atoms with Gasteiger partial charge in [0.05, 0.1) is 18.9 Å². The smallest absolute Gasteiger partial charge is 0.490 e. The van der Waals surface area contributed by atoms with Crippen LogP contribution < -0.4 is 20.7 Å². The minimum atomic E-state index is -5.08. The second kappa shape index (κ2) is 19.4. The summed E-state index contributed by atoms with van der Waals surface area (Å²) in [6.07, 6.45) is -1.21. The van der Waals surface area contributed by atoms with Crippen molar-refractivity contribution in [1.29, 1.82) is 0 Å². The molecule has 0 aliphatic carbocycles. The van der Waals surface area contributed by atoms with Crippen LogP contribution in [0.4, 0.5) is 34.1 Å². The number of methoxy groups -OCH3 is 1. The number of ether oxygens (including phenoxy) is 2. The molecule has 1 aromatic heterocycles. The molecule has 0 saturated carbocycles. The summed E-state index contributed by atoms with van der Waals surface area (Å²) in [5.74, 6) is -1.66. The maximum absolute atomic E-state index is 12.8. The van der Waals surface area contributed by atoms with Crippen LogP contribution in [-0.4, -0.2) is 66.0 Å². The third kappa shape index (κ3) is 12.8. The molecule has 1 atom stereocenters. The normalized spacial score (nSPS) is 11.5. The fourth-order valence-corrected chi connectivity index (χ4v) is 4.72. The Morgan fingerprint density at radius 3 is 2.26 bits per heavy atom. The van der Waals surface area contributed by atoms with Crippen molar-refractivity contribution in [2.75, 3.05) is 37.4 Å². The van der Waals surface area contributed by atoms with Gasteiger partial charge in [-0.3, -0.25) is 0 Å². The zero-order valence-corrected chi connectivity index (χ0v) is 27.8. The van der Waals surface area contributed by atoms with Crippen LogP contribution in [0.15, 0.2) is 89.8 Å². The van der Waals surface area contributed by atoms with Gasteiger partial charge in [-0.15, -0.1) is 0 Å². The SMILES string of the molecule is CCCN(CC)CCC(OC(=O)NCc1cccc(NC(=O)Nc2ccc(-c3cnco3)c(OC)c2)c1)c1ccccc1.O=C(O)C(F)(F)F. The average Bonchev–Trinajstić information content (AvgIpc) is 3.64. The largest absolute Gasteiger partial charge is 0.496 e. The zero-order valence-electron chi connectivity index (χ0n) is 27.8. The number of anilines is 2. The Morgan fingerprint density at radius 2 is 1.66 bits per heavy atom. The van der Waals surface area contributed by atoms with E-state index in [1.807, 2.05) is 42.5 Å². The summed E-state index contributed by atoms with van der Waals surface area (Å²) in [4.78, 5) is 40.7. The first-order chi connectivity index (χ1) is 23.9. The number of amides is 3. The summed E-state index contributed by atoms with van der Waals surface area (Å²) in [6.45, 7) is 7.35. The van der Waals surface area contributed by atoms with Crippen molar-refractivity contribution < 1.29 is 46.6 Å². The van der Waals surface area contributed by atoms with Gasteiger partial charge >= 0.3 is 24.3 Å². The topological polar surface area (TPSA) is 155 Å². The molecule has 4 rings (SSSR count). The minimum Gasteiger partial charge on any atom is -0.496 e. The van der Waals surface area contributed by atoms with Crippen LogP contribution in [0.25, 0.3) is 11.3 Å². The van der Waals surface area contributed by atoms with Gasteiger partial charge in [0.2, 0.25) is 0 Å². The number of halogens is 3. The van der Waals surface area contributed by atoms with Crippen LogP contribution in [0.1, 0.15) is 43.9 Å². The lowest BCUT2D eigenvalue weighted by atomic mass is 10.1. The number of urea groups is 1. The number of hydrogen-bond acceptors (Lipinski definition) is 8. The van der Waals surface area contributed by atoms with Crippen LogP contribution >= 0.6 is 0 Å². The van der Waals surface area contributed by atoms with Crippen molar-refractivity contribution in [3.63, 3.8) is 0 Å². The summed E-state index contributed by atoms with van der Waals surface area (Å²) in [5.41, 5.74) is 3.62. The van der Waals surface area contributed by atoms with Crippen molar-refractivity contribution in [2.45, 2.75) is 45.5 Å². The number of carbonyl (C=O) groups excluding carboxylic acids is 2. The van der Waals surface area contributed by atoms with Crippen molar-refractivity contribution in [2.24, 2.45) is 0 Å². The predicted molar refractivity (Wildman–Crippen MR) is 181 cm³/mol. The molecule has 12 nitrogen and oxygen atoms in total. The summed E-state index contributed by atoms with van der Waals surface area (Å²) >= 11 is 0. The van der Waals surface area contributed by atoms with E-state index < -0.39 is 24.3 Å². The molecule has 0 aliphatic rings. The number of aliphatic carboxylic acids is 1. The van der Waals surface area contributed by atoms with E-state index in [0.717, 1.165) is 42.7 Å². The number of alkyl halides is 3.